The van der Waals surface area contributed by atoms with Gasteiger partial charge in [0.1, 0.15) is 30.0 Å². The number of allylic oxidation sites excluding steroid dienone is 1. The van der Waals surface area contributed by atoms with Crippen LogP contribution in [0.1, 0.15) is 43.5 Å². The minimum absolute atomic E-state index is 0.0442. The molecule has 0 unspecified atom stereocenters. The van der Waals surface area contributed by atoms with E-state index < -0.39 is 6.04 Å². The van der Waals surface area contributed by atoms with Crippen LogP contribution in [0.5, 0.6) is 11.5 Å². The number of carbonyl (C=O) groups excluding carboxylic acids is 1. The molecular weight excluding hydrogens is 553 g/mol. The van der Waals surface area contributed by atoms with Crippen LogP contribution in [0.25, 0.3) is 6.08 Å². The van der Waals surface area contributed by atoms with Gasteiger partial charge in [0, 0.05) is 29.8 Å². The minimum Gasteiger partial charge on any atom is -0.496 e. The van der Waals surface area contributed by atoms with Crippen LogP contribution < -0.4 is 24.4 Å². The number of ether oxygens (including phenoxy) is 2. The molecule has 0 fully saturated rings. The molecule has 0 aliphatic carbocycles. The summed E-state index contributed by atoms with van der Waals surface area (Å²) in [6, 6.07) is 20.5. The molecule has 0 spiro atoms. The molecule has 1 aromatic heterocycles. The van der Waals surface area contributed by atoms with Gasteiger partial charge in [-0.2, -0.15) is 0 Å². The van der Waals surface area contributed by atoms with Crippen LogP contribution in [0.2, 0.25) is 0 Å². The third kappa shape index (κ3) is 5.52. The second-order valence-corrected chi connectivity index (χ2v) is 10.7. The zero-order valence-electron chi connectivity index (χ0n) is 24.0. The fourth-order valence-corrected chi connectivity index (χ4v) is 6.14. The van der Waals surface area contributed by atoms with Crippen LogP contribution in [0.15, 0.2) is 93.9 Å². The summed E-state index contributed by atoms with van der Waals surface area (Å²) in [5, 5.41) is 0. The first-order valence-electron chi connectivity index (χ1n) is 13.8. The zero-order chi connectivity index (χ0) is 29.8. The summed E-state index contributed by atoms with van der Waals surface area (Å²) in [5.41, 5.74) is 2.52. The second kappa shape index (κ2) is 12.6. The van der Waals surface area contributed by atoms with Crippen molar-refractivity contribution in [2.45, 2.75) is 33.4 Å². The molecule has 42 heavy (non-hydrogen) atoms. The van der Waals surface area contributed by atoms with Gasteiger partial charge in [-0.3, -0.25) is 14.2 Å². The van der Waals surface area contributed by atoms with E-state index in [9.17, 15) is 14.0 Å². The van der Waals surface area contributed by atoms with Crippen molar-refractivity contribution in [2.24, 2.45) is 4.99 Å². The zero-order valence-corrected chi connectivity index (χ0v) is 24.8. The molecular formula is C33H32FN3O4S. The molecule has 5 rings (SSSR count). The lowest BCUT2D eigenvalue weighted by molar-refractivity contribution is -0.127. The lowest BCUT2D eigenvalue weighted by Gasteiger charge is -2.29. The van der Waals surface area contributed by atoms with Crippen molar-refractivity contribution in [1.82, 2.24) is 9.47 Å². The summed E-state index contributed by atoms with van der Waals surface area (Å²) >= 11 is 1.24. The molecule has 3 aromatic carbocycles. The average molecular weight is 586 g/mol. The molecule has 0 radical (unpaired) electrons. The van der Waals surface area contributed by atoms with Crippen LogP contribution in [-0.4, -0.2) is 35.6 Å². The van der Waals surface area contributed by atoms with Crippen LogP contribution in [0.3, 0.4) is 0 Å². The highest BCUT2D eigenvalue weighted by Gasteiger charge is 2.35. The Bertz CT molecular complexity index is 1840. The molecule has 0 saturated heterocycles. The predicted molar refractivity (Wildman–Crippen MR) is 162 cm³/mol. The van der Waals surface area contributed by atoms with Gasteiger partial charge in [-0.25, -0.2) is 9.38 Å². The van der Waals surface area contributed by atoms with Crippen molar-refractivity contribution in [3.8, 4) is 11.5 Å². The monoisotopic (exact) mass is 585 g/mol. The largest absolute Gasteiger partial charge is 0.496 e. The third-order valence-corrected chi connectivity index (χ3v) is 8.27. The number of fused-ring (bicyclic) bond motifs is 1. The Hall–Kier alpha value is -4.50. The normalized spacial score (nSPS) is 14.8. The number of likely N-dealkylation sites (N-methyl/N-ethyl adjacent to an activating group) is 1. The maximum atomic E-state index is 14.2. The average Bonchev–Trinajstić information content (AvgIpc) is 3.31. The van der Waals surface area contributed by atoms with E-state index in [1.165, 1.54) is 17.4 Å². The molecule has 4 aromatic rings. The summed E-state index contributed by atoms with van der Waals surface area (Å²) < 4.78 is 27.9. The third-order valence-electron chi connectivity index (χ3n) is 7.28. The van der Waals surface area contributed by atoms with Gasteiger partial charge in [0.15, 0.2) is 4.80 Å². The van der Waals surface area contributed by atoms with Crippen LogP contribution >= 0.6 is 11.3 Å². The molecule has 1 aliphatic heterocycles. The molecule has 7 nitrogen and oxygen atoms in total. The van der Waals surface area contributed by atoms with Gasteiger partial charge in [-0.05, 0) is 45.0 Å². The highest BCUT2D eigenvalue weighted by atomic mass is 32.1. The molecule has 0 bridgehead atoms. The van der Waals surface area contributed by atoms with Gasteiger partial charge in [0.25, 0.3) is 11.5 Å². The number of hydrogen-bond donors (Lipinski definition) is 0. The number of nitrogens with zero attached hydrogens (tertiary/aromatic N) is 3. The van der Waals surface area contributed by atoms with Gasteiger partial charge in [0.2, 0.25) is 0 Å². The van der Waals surface area contributed by atoms with Gasteiger partial charge < -0.3 is 14.4 Å². The van der Waals surface area contributed by atoms with E-state index in [1.807, 2.05) is 63.2 Å². The van der Waals surface area contributed by atoms with E-state index in [0.717, 1.165) is 0 Å². The van der Waals surface area contributed by atoms with Crippen LogP contribution in [-0.2, 0) is 11.4 Å². The summed E-state index contributed by atoms with van der Waals surface area (Å²) in [5.74, 6) is 0.577. The Balaban J connectivity index is 1.64. The van der Waals surface area contributed by atoms with Crippen molar-refractivity contribution >= 4 is 23.3 Å². The number of rotatable bonds is 9. The van der Waals surface area contributed by atoms with Gasteiger partial charge in [0.05, 0.1) is 22.9 Å². The van der Waals surface area contributed by atoms with E-state index in [4.69, 9.17) is 14.5 Å². The quantitative estimate of drug-likeness (QED) is 0.282. The highest BCUT2D eigenvalue weighted by molar-refractivity contribution is 7.07. The van der Waals surface area contributed by atoms with E-state index in [1.54, 1.807) is 46.9 Å². The molecule has 216 valence electrons. The predicted octanol–water partition coefficient (Wildman–Crippen LogP) is 4.83. The van der Waals surface area contributed by atoms with Crippen molar-refractivity contribution in [1.29, 1.82) is 0 Å². The Labute approximate surface area is 247 Å². The molecule has 2 heterocycles. The van der Waals surface area contributed by atoms with E-state index >= 15 is 0 Å². The molecule has 0 N–H and O–H groups in total. The number of carbonyl (C=O) groups is 1. The van der Waals surface area contributed by atoms with Crippen molar-refractivity contribution < 1.29 is 18.7 Å². The maximum Gasteiger partial charge on any atom is 0.271 e. The first kappa shape index (κ1) is 29.0. The SMILES string of the molecule is CCN(CC)C(=O)C1=C(C)N=c2s/c(=C\c3ccccc3OCc3ccccc3F)c(=O)n2[C@H]1c1ccccc1OC. The Kier molecular flexibility index (Phi) is 8.68. The number of amides is 1. The number of benzene rings is 3. The van der Waals surface area contributed by atoms with Gasteiger partial charge in [-0.1, -0.05) is 65.9 Å². The van der Waals surface area contributed by atoms with E-state index in [2.05, 4.69) is 0 Å². The fourth-order valence-electron chi connectivity index (χ4n) is 5.11. The number of hydrogen-bond acceptors (Lipinski definition) is 6. The van der Waals surface area contributed by atoms with Crippen molar-refractivity contribution in [3.05, 3.63) is 126 Å². The van der Waals surface area contributed by atoms with Crippen molar-refractivity contribution in [3.63, 3.8) is 0 Å². The van der Waals surface area contributed by atoms with E-state index in [0.29, 0.717) is 61.9 Å². The lowest BCUT2D eigenvalue weighted by Crippen LogP contribution is -2.43. The summed E-state index contributed by atoms with van der Waals surface area (Å²) in [4.78, 5) is 34.9. The molecule has 1 amide bonds. The first-order valence-corrected chi connectivity index (χ1v) is 14.6. The number of para-hydroxylation sites is 2. The molecule has 1 aliphatic rings. The second-order valence-electron chi connectivity index (χ2n) is 9.72. The van der Waals surface area contributed by atoms with Gasteiger partial charge >= 0.3 is 0 Å². The lowest BCUT2D eigenvalue weighted by atomic mass is 9.94. The van der Waals surface area contributed by atoms with Crippen LogP contribution in [0.4, 0.5) is 4.39 Å². The molecule has 1 atom stereocenters. The maximum absolute atomic E-state index is 14.2. The molecule has 9 heteroatoms. The van der Waals surface area contributed by atoms with E-state index in [-0.39, 0.29) is 23.9 Å². The topological polar surface area (TPSA) is 73.1 Å². The summed E-state index contributed by atoms with van der Waals surface area (Å²) in [7, 11) is 1.57. The summed E-state index contributed by atoms with van der Waals surface area (Å²) in [6.45, 7) is 6.76. The smallest absolute Gasteiger partial charge is 0.271 e. The Morgan fingerprint density at radius 2 is 1.69 bits per heavy atom. The minimum atomic E-state index is -0.722. The first-order chi connectivity index (χ1) is 20.4. The molecule has 0 saturated carbocycles. The standard InChI is InChI=1S/C33H32FN3O4S/c1-5-36(6-2)32(39)29-21(3)35-33-37(30(29)24-15-9-12-18-27(24)40-4)31(38)28(42-33)19-22-13-8-11-17-26(22)41-20-23-14-7-10-16-25(23)34/h7-19,30H,5-6,20H2,1-4H3/b28-19-/t30-/m0/s1. The fraction of sp³-hybridized carbons (Fsp3) is 0.242. The van der Waals surface area contributed by atoms with Crippen molar-refractivity contribution in [2.75, 3.05) is 20.2 Å². The Morgan fingerprint density at radius 3 is 2.40 bits per heavy atom. The summed E-state index contributed by atoms with van der Waals surface area (Å²) in [6.07, 6.45) is 1.75. The van der Waals surface area contributed by atoms with Crippen LogP contribution in [0, 0.1) is 5.82 Å². The number of halogens is 1. The van der Waals surface area contributed by atoms with Gasteiger partial charge in [-0.15, -0.1) is 0 Å². The Morgan fingerprint density at radius 1 is 1.02 bits per heavy atom. The highest BCUT2D eigenvalue weighted by Crippen LogP contribution is 2.36. The number of methoxy groups -OCH3 is 1. The number of aromatic nitrogens is 1. The number of thiazole rings is 1.